The maximum atomic E-state index is 11.5. The van der Waals surface area contributed by atoms with E-state index >= 15 is 0 Å². The van der Waals surface area contributed by atoms with Crippen LogP contribution in [0.25, 0.3) is 0 Å². The maximum absolute atomic E-state index is 11.5. The van der Waals surface area contributed by atoms with Crippen LogP contribution >= 0.6 is 11.3 Å². The van der Waals surface area contributed by atoms with Crippen LogP contribution in [0, 0.1) is 0 Å². The van der Waals surface area contributed by atoms with E-state index in [9.17, 15) is 13.2 Å². The molecular weight excluding hydrogens is 236 g/mol. The third-order valence-corrected chi connectivity index (χ3v) is 4.28. The van der Waals surface area contributed by atoms with Crippen molar-refractivity contribution in [2.24, 2.45) is 0 Å². The molecule has 1 heterocycles. The fourth-order valence-electron chi connectivity index (χ4n) is 1.06. The van der Waals surface area contributed by atoms with Crippen molar-refractivity contribution in [1.29, 1.82) is 0 Å². The summed E-state index contributed by atoms with van der Waals surface area (Å²) in [5.74, 6) is -0.975. The second-order valence-electron chi connectivity index (χ2n) is 3.07. The summed E-state index contributed by atoms with van der Waals surface area (Å²) in [7, 11) is -3.37. The van der Waals surface area contributed by atoms with Crippen molar-refractivity contribution in [1.82, 2.24) is 0 Å². The summed E-state index contributed by atoms with van der Waals surface area (Å²) in [6, 6.07) is 3.31. The zero-order valence-corrected chi connectivity index (χ0v) is 9.68. The number of aliphatic hydroxyl groups excluding tert-OH is 1. The van der Waals surface area contributed by atoms with Crippen molar-refractivity contribution in [2.75, 3.05) is 18.1 Å². The fourth-order valence-corrected chi connectivity index (χ4v) is 3.09. The van der Waals surface area contributed by atoms with Crippen molar-refractivity contribution < 1.29 is 18.3 Å². The molecule has 6 heteroatoms. The molecule has 4 nitrogen and oxygen atoms in total. The van der Waals surface area contributed by atoms with Gasteiger partial charge < -0.3 is 5.11 Å². The van der Waals surface area contributed by atoms with Gasteiger partial charge in [-0.25, -0.2) is 8.42 Å². The molecule has 1 rings (SSSR count). The molecule has 0 saturated carbocycles. The third kappa shape index (κ3) is 4.11. The minimum absolute atomic E-state index is 0.138. The zero-order chi connectivity index (χ0) is 11.3. The molecule has 1 aromatic rings. The molecule has 0 saturated heterocycles. The monoisotopic (exact) mass is 248 g/mol. The van der Waals surface area contributed by atoms with E-state index in [1.54, 1.807) is 17.5 Å². The van der Waals surface area contributed by atoms with E-state index in [0.29, 0.717) is 4.88 Å². The average molecular weight is 248 g/mol. The largest absolute Gasteiger partial charge is 0.396 e. The summed E-state index contributed by atoms with van der Waals surface area (Å²) >= 11 is 1.23. The van der Waals surface area contributed by atoms with Gasteiger partial charge in [0.05, 0.1) is 10.6 Å². The summed E-state index contributed by atoms with van der Waals surface area (Å²) < 4.78 is 22.7. The number of carbonyl (C=O) groups excluding carboxylic acids is 1. The van der Waals surface area contributed by atoms with Gasteiger partial charge in [-0.2, -0.15) is 0 Å². The normalized spacial score (nSPS) is 11.5. The zero-order valence-electron chi connectivity index (χ0n) is 8.05. The van der Waals surface area contributed by atoms with Crippen LogP contribution in [0.5, 0.6) is 0 Å². The van der Waals surface area contributed by atoms with Gasteiger partial charge in [-0.05, 0) is 17.9 Å². The molecule has 0 bridgehead atoms. The van der Waals surface area contributed by atoms with Gasteiger partial charge in [-0.3, -0.25) is 4.79 Å². The van der Waals surface area contributed by atoms with Crippen molar-refractivity contribution in [3.05, 3.63) is 22.4 Å². The summed E-state index contributed by atoms with van der Waals surface area (Å²) in [6.07, 6.45) is 0.181. The van der Waals surface area contributed by atoms with Crippen LogP contribution in [0.1, 0.15) is 16.1 Å². The van der Waals surface area contributed by atoms with Crippen LogP contribution in [-0.2, 0) is 9.84 Å². The van der Waals surface area contributed by atoms with Crippen LogP contribution in [0.2, 0.25) is 0 Å². The lowest BCUT2D eigenvalue weighted by atomic mass is 10.4. The van der Waals surface area contributed by atoms with Crippen molar-refractivity contribution >= 4 is 27.0 Å². The Labute approximate surface area is 92.5 Å². The first-order valence-electron chi connectivity index (χ1n) is 4.43. The maximum Gasteiger partial charge on any atom is 0.187 e. The average Bonchev–Trinajstić information content (AvgIpc) is 2.67. The molecule has 0 aliphatic heterocycles. The lowest BCUT2D eigenvalue weighted by molar-refractivity contribution is 0.102. The van der Waals surface area contributed by atoms with Crippen LogP contribution in [0.3, 0.4) is 0 Å². The smallest absolute Gasteiger partial charge is 0.187 e. The van der Waals surface area contributed by atoms with Crippen molar-refractivity contribution in [2.45, 2.75) is 6.42 Å². The Balaban J connectivity index is 2.58. The van der Waals surface area contributed by atoms with Gasteiger partial charge in [-0.15, -0.1) is 11.3 Å². The molecule has 0 aliphatic carbocycles. The molecule has 0 atom stereocenters. The van der Waals surface area contributed by atoms with Crippen LogP contribution in [0.15, 0.2) is 17.5 Å². The first-order valence-corrected chi connectivity index (χ1v) is 7.13. The van der Waals surface area contributed by atoms with E-state index < -0.39 is 15.6 Å². The van der Waals surface area contributed by atoms with Gasteiger partial charge in [0.1, 0.15) is 5.75 Å². The lowest BCUT2D eigenvalue weighted by Crippen LogP contribution is -2.19. The molecule has 0 aromatic carbocycles. The van der Waals surface area contributed by atoms with E-state index in [4.69, 9.17) is 5.11 Å². The fraction of sp³-hybridized carbons (Fsp3) is 0.444. The summed E-state index contributed by atoms with van der Waals surface area (Å²) in [5.41, 5.74) is 0. The van der Waals surface area contributed by atoms with Crippen LogP contribution in [-0.4, -0.2) is 37.4 Å². The SMILES string of the molecule is O=C(CS(=O)(=O)CCCO)c1cccs1. The molecule has 0 spiro atoms. The molecule has 15 heavy (non-hydrogen) atoms. The molecule has 0 radical (unpaired) electrons. The van der Waals surface area contributed by atoms with Crippen molar-refractivity contribution in [3.8, 4) is 0 Å². The molecule has 1 N–H and O–H groups in total. The van der Waals surface area contributed by atoms with Gasteiger partial charge >= 0.3 is 0 Å². The van der Waals surface area contributed by atoms with E-state index in [1.165, 1.54) is 11.3 Å². The minimum Gasteiger partial charge on any atom is -0.396 e. The number of carbonyl (C=O) groups is 1. The Morgan fingerprint density at radius 1 is 1.47 bits per heavy atom. The molecule has 0 fully saturated rings. The predicted molar refractivity (Wildman–Crippen MR) is 59.0 cm³/mol. The summed E-state index contributed by atoms with van der Waals surface area (Å²) in [4.78, 5) is 11.9. The van der Waals surface area contributed by atoms with Gasteiger partial charge in [0.15, 0.2) is 15.6 Å². The number of rotatable bonds is 6. The van der Waals surface area contributed by atoms with E-state index in [0.717, 1.165) is 0 Å². The molecule has 0 unspecified atom stereocenters. The Bertz CT molecular complexity index is 405. The summed E-state index contributed by atoms with van der Waals surface area (Å²) in [5, 5.41) is 10.2. The quantitative estimate of drug-likeness (QED) is 0.753. The van der Waals surface area contributed by atoms with Gasteiger partial charge in [0, 0.05) is 6.61 Å². The Morgan fingerprint density at radius 3 is 2.73 bits per heavy atom. The highest BCUT2D eigenvalue weighted by Crippen LogP contribution is 2.10. The van der Waals surface area contributed by atoms with E-state index in [1.807, 2.05) is 0 Å². The first kappa shape index (κ1) is 12.4. The second-order valence-corrected chi connectivity index (χ2v) is 6.20. The second kappa shape index (κ2) is 5.39. The Hall–Kier alpha value is -0.720. The predicted octanol–water partition coefficient (Wildman–Crippen LogP) is 0.728. The molecule has 0 amide bonds. The molecule has 84 valence electrons. The highest BCUT2D eigenvalue weighted by molar-refractivity contribution is 7.92. The number of aliphatic hydroxyl groups is 1. The van der Waals surface area contributed by atoms with Gasteiger partial charge in [0.25, 0.3) is 0 Å². The molecule has 1 aromatic heterocycles. The topological polar surface area (TPSA) is 71.4 Å². The Morgan fingerprint density at radius 2 is 2.20 bits per heavy atom. The van der Waals surface area contributed by atoms with E-state index in [-0.39, 0.29) is 24.6 Å². The molecule has 0 aliphatic rings. The van der Waals surface area contributed by atoms with Gasteiger partial charge in [-0.1, -0.05) is 6.07 Å². The summed E-state index contributed by atoms with van der Waals surface area (Å²) in [6.45, 7) is -0.174. The van der Waals surface area contributed by atoms with Crippen LogP contribution in [0.4, 0.5) is 0 Å². The van der Waals surface area contributed by atoms with Crippen molar-refractivity contribution in [3.63, 3.8) is 0 Å². The standard InChI is InChI=1S/C9H12O4S2/c10-4-2-6-15(12,13)7-8(11)9-3-1-5-14-9/h1,3,5,10H,2,4,6-7H2. The molecular formula is C9H12O4S2. The first-order chi connectivity index (χ1) is 7.05. The number of ketones is 1. The number of hydrogen-bond acceptors (Lipinski definition) is 5. The Kier molecular flexibility index (Phi) is 4.44. The third-order valence-electron chi connectivity index (χ3n) is 1.76. The number of thiophene rings is 1. The van der Waals surface area contributed by atoms with Gasteiger partial charge in [0.2, 0.25) is 0 Å². The highest BCUT2D eigenvalue weighted by atomic mass is 32.2. The number of sulfone groups is 1. The minimum atomic E-state index is -3.37. The lowest BCUT2D eigenvalue weighted by Gasteiger charge is -2.00. The number of Topliss-reactive ketones (excluding diaryl/α,β-unsaturated/α-hetero) is 1. The van der Waals surface area contributed by atoms with Crippen LogP contribution < -0.4 is 0 Å². The van der Waals surface area contributed by atoms with E-state index in [2.05, 4.69) is 0 Å². The highest BCUT2D eigenvalue weighted by Gasteiger charge is 2.17. The number of hydrogen-bond donors (Lipinski definition) is 1.